The summed E-state index contributed by atoms with van der Waals surface area (Å²) in [5, 5.41) is 0. The monoisotopic (exact) mass is 194 g/mol. The fourth-order valence-corrected chi connectivity index (χ4v) is 1.38. The highest BCUT2D eigenvalue weighted by Crippen LogP contribution is 2.07. The average molecular weight is 194 g/mol. The van der Waals surface area contributed by atoms with Gasteiger partial charge in [-0.3, -0.25) is 14.2 Å². The highest BCUT2D eigenvalue weighted by atomic mass is 19.1. The fraction of sp³-hybridized carbons (Fsp3) is 0.111. The van der Waals surface area contributed by atoms with Crippen molar-refractivity contribution in [3.05, 3.63) is 50.5 Å². The van der Waals surface area contributed by atoms with Crippen LogP contribution >= 0.6 is 0 Å². The summed E-state index contributed by atoms with van der Waals surface area (Å²) < 4.78 is 14.0. The number of fused-ring (bicyclic) bond motifs is 1. The maximum atomic E-state index is 12.9. The molecule has 0 aliphatic carbocycles. The Hall–Kier alpha value is -1.91. The molecule has 0 unspecified atom stereocenters. The van der Waals surface area contributed by atoms with Crippen molar-refractivity contribution < 1.29 is 4.39 Å². The van der Waals surface area contributed by atoms with Gasteiger partial charge in [-0.2, -0.15) is 0 Å². The van der Waals surface area contributed by atoms with Crippen LogP contribution in [0.1, 0.15) is 5.56 Å². The smallest absolute Gasteiger partial charge is 0.274 e. The normalized spacial score (nSPS) is 10.7. The Morgan fingerprint density at radius 3 is 2.79 bits per heavy atom. The Kier molecular flexibility index (Phi) is 1.73. The Labute approximate surface area is 77.6 Å². The highest BCUT2D eigenvalue weighted by molar-refractivity contribution is 5.52. The molecule has 4 nitrogen and oxygen atoms in total. The third-order valence-electron chi connectivity index (χ3n) is 1.99. The van der Waals surface area contributed by atoms with Gasteiger partial charge in [0.1, 0.15) is 5.82 Å². The molecule has 0 radical (unpaired) electrons. The van der Waals surface area contributed by atoms with E-state index in [2.05, 4.69) is 4.98 Å². The minimum atomic E-state index is -0.630. The first kappa shape index (κ1) is 8.68. The summed E-state index contributed by atoms with van der Waals surface area (Å²) in [5.74, 6) is -0.510. The molecule has 0 aliphatic rings. The lowest BCUT2D eigenvalue weighted by atomic mass is 10.2. The highest BCUT2D eigenvalue weighted by Gasteiger charge is 2.03. The molecule has 5 heteroatoms. The minimum Gasteiger partial charge on any atom is -0.274 e. The Balaban J connectivity index is 3.10. The van der Waals surface area contributed by atoms with Crippen molar-refractivity contribution in [2.24, 2.45) is 0 Å². The topological polar surface area (TPSA) is 54.3 Å². The molecular weight excluding hydrogens is 187 g/mol. The van der Waals surface area contributed by atoms with Crippen LogP contribution in [0.15, 0.2) is 27.9 Å². The molecule has 0 bridgehead atoms. The molecule has 0 atom stereocenters. The number of rotatable bonds is 0. The fourth-order valence-electron chi connectivity index (χ4n) is 1.38. The largest absolute Gasteiger partial charge is 0.333 e. The molecule has 2 rings (SSSR count). The van der Waals surface area contributed by atoms with Gasteiger partial charge in [-0.25, -0.2) is 9.18 Å². The second-order valence-corrected chi connectivity index (χ2v) is 3.04. The zero-order chi connectivity index (χ0) is 10.3. The van der Waals surface area contributed by atoms with E-state index < -0.39 is 17.1 Å². The minimum absolute atomic E-state index is 0.417. The second kappa shape index (κ2) is 2.80. The van der Waals surface area contributed by atoms with Gasteiger partial charge < -0.3 is 0 Å². The zero-order valence-electron chi connectivity index (χ0n) is 7.37. The Morgan fingerprint density at radius 1 is 1.36 bits per heavy atom. The first-order chi connectivity index (χ1) is 6.58. The Morgan fingerprint density at radius 2 is 2.07 bits per heavy atom. The molecule has 2 aromatic rings. The third-order valence-corrected chi connectivity index (χ3v) is 1.99. The van der Waals surface area contributed by atoms with E-state index in [1.165, 1.54) is 12.1 Å². The Bertz CT molecular complexity index is 612. The summed E-state index contributed by atoms with van der Waals surface area (Å²) in [7, 11) is 0. The molecule has 0 fully saturated rings. The lowest BCUT2D eigenvalue weighted by molar-refractivity contribution is 0.615. The number of halogens is 1. The predicted molar refractivity (Wildman–Crippen MR) is 49.0 cm³/mol. The van der Waals surface area contributed by atoms with Crippen molar-refractivity contribution in [1.29, 1.82) is 0 Å². The van der Waals surface area contributed by atoms with Crippen LogP contribution < -0.4 is 11.2 Å². The van der Waals surface area contributed by atoms with Crippen LogP contribution in [0.4, 0.5) is 4.39 Å². The van der Waals surface area contributed by atoms with E-state index >= 15 is 0 Å². The first-order valence-electron chi connectivity index (χ1n) is 4.00. The van der Waals surface area contributed by atoms with Crippen molar-refractivity contribution in [2.45, 2.75) is 6.92 Å². The van der Waals surface area contributed by atoms with Crippen LogP contribution in [-0.4, -0.2) is 9.38 Å². The van der Waals surface area contributed by atoms with Gasteiger partial charge in [0.15, 0.2) is 0 Å². The average Bonchev–Trinajstić information content (AvgIpc) is 2.07. The van der Waals surface area contributed by atoms with Gasteiger partial charge in [-0.05, 0) is 18.6 Å². The number of nitrogens with zero attached hydrogens (tertiary/aromatic N) is 1. The number of hydrogen-bond donors (Lipinski definition) is 1. The molecule has 72 valence electrons. The molecule has 2 aromatic heterocycles. The lowest BCUT2D eigenvalue weighted by Crippen LogP contribution is -2.25. The lowest BCUT2D eigenvalue weighted by Gasteiger charge is -2.02. The summed E-state index contributed by atoms with van der Waals surface area (Å²) in [6, 6.07) is 2.53. The van der Waals surface area contributed by atoms with Gasteiger partial charge in [-0.15, -0.1) is 0 Å². The summed E-state index contributed by atoms with van der Waals surface area (Å²) in [4.78, 5) is 24.3. The van der Waals surface area contributed by atoms with Gasteiger partial charge in [0.25, 0.3) is 5.56 Å². The number of aryl methyl sites for hydroxylation is 1. The molecular formula is C9H7FN2O2. The molecule has 14 heavy (non-hydrogen) atoms. The van der Waals surface area contributed by atoms with Crippen LogP contribution in [0.5, 0.6) is 0 Å². The SMILES string of the molecule is Cc1cc(F)cn2c(=O)[nH]c(=O)cc12. The van der Waals surface area contributed by atoms with Crippen LogP contribution in [0, 0.1) is 12.7 Å². The number of H-pyrrole nitrogens is 1. The number of aromatic amines is 1. The van der Waals surface area contributed by atoms with E-state index in [0.717, 1.165) is 10.6 Å². The van der Waals surface area contributed by atoms with E-state index in [0.29, 0.717) is 11.1 Å². The molecule has 2 heterocycles. The van der Waals surface area contributed by atoms with Crippen molar-refractivity contribution in [3.8, 4) is 0 Å². The van der Waals surface area contributed by atoms with E-state index in [4.69, 9.17) is 0 Å². The van der Waals surface area contributed by atoms with E-state index in [9.17, 15) is 14.0 Å². The van der Waals surface area contributed by atoms with Gasteiger partial charge in [0, 0.05) is 12.3 Å². The standard InChI is InChI=1S/C9H7FN2O2/c1-5-2-6(10)4-12-7(5)3-8(13)11-9(12)14/h2-4H,1H3,(H,11,13,14). The molecule has 0 aliphatic heterocycles. The number of pyridine rings is 1. The maximum absolute atomic E-state index is 12.9. The van der Waals surface area contributed by atoms with E-state index in [-0.39, 0.29) is 0 Å². The third kappa shape index (κ3) is 1.22. The maximum Gasteiger partial charge on any atom is 0.333 e. The predicted octanol–water partition coefficient (Wildman–Crippen LogP) is 0.435. The van der Waals surface area contributed by atoms with Crippen LogP contribution in [0.3, 0.4) is 0 Å². The van der Waals surface area contributed by atoms with Crippen molar-refractivity contribution in [1.82, 2.24) is 9.38 Å². The van der Waals surface area contributed by atoms with Crippen LogP contribution in [-0.2, 0) is 0 Å². The molecule has 1 N–H and O–H groups in total. The van der Waals surface area contributed by atoms with Crippen molar-refractivity contribution >= 4 is 5.52 Å². The quantitative estimate of drug-likeness (QED) is 0.661. The zero-order valence-corrected chi connectivity index (χ0v) is 7.37. The second-order valence-electron chi connectivity index (χ2n) is 3.04. The van der Waals surface area contributed by atoms with Crippen LogP contribution in [0.2, 0.25) is 0 Å². The first-order valence-corrected chi connectivity index (χ1v) is 4.00. The molecule has 0 saturated heterocycles. The van der Waals surface area contributed by atoms with E-state index in [1.54, 1.807) is 6.92 Å². The number of aromatic nitrogens is 2. The number of hydrogen-bond acceptors (Lipinski definition) is 2. The molecule has 0 spiro atoms. The van der Waals surface area contributed by atoms with Crippen molar-refractivity contribution in [3.63, 3.8) is 0 Å². The van der Waals surface area contributed by atoms with Gasteiger partial charge in [0.2, 0.25) is 0 Å². The number of nitrogens with one attached hydrogen (secondary N) is 1. The van der Waals surface area contributed by atoms with Gasteiger partial charge >= 0.3 is 5.69 Å². The molecule has 0 saturated carbocycles. The summed E-state index contributed by atoms with van der Waals surface area (Å²) in [5.41, 5.74) is -0.145. The molecule has 0 amide bonds. The van der Waals surface area contributed by atoms with Gasteiger partial charge in [-0.1, -0.05) is 0 Å². The molecule has 0 aromatic carbocycles. The summed E-state index contributed by atoms with van der Waals surface area (Å²) in [6.07, 6.45) is 1.04. The van der Waals surface area contributed by atoms with Crippen LogP contribution in [0.25, 0.3) is 5.52 Å². The summed E-state index contributed by atoms with van der Waals surface area (Å²) >= 11 is 0. The van der Waals surface area contributed by atoms with E-state index in [1.807, 2.05) is 0 Å². The summed E-state index contributed by atoms with van der Waals surface area (Å²) in [6.45, 7) is 1.64. The van der Waals surface area contributed by atoms with Crippen molar-refractivity contribution in [2.75, 3.05) is 0 Å². The van der Waals surface area contributed by atoms with Gasteiger partial charge in [0.05, 0.1) is 5.52 Å².